The summed E-state index contributed by atoms with van der Waals surface area (Å²) in [4.78, 5) is 3.92. The van der Waals surface area contributed by atoms with E-state index in [0.717, 1.165) is 5.70 Å². The predicted octanol–water partition coefficient (Wildman–Crippen LogP) is 0.850. The fourth-order valence-corrected chi connectivity index (χ4v) is 0.452. The molecule has 0 atom stereocenters. The van der Waals surface area contributed by atoms with Crippen LogP contribution < -0.4 is 5.32 Å². The van der Waals surface area contributed by atoms with Crippen molar-refractivity contribution in [2.45, 2.75) is 0 Å². The number of nitrogens with one attached hydrogen (secondary N) is 1. The van der Waals surface area contributed by atoms with Crippen LogP contribution in [-0.4, -0.2) is 6.34 Å². The van der Waals surface area contributed by atoms with Crippen LogP contribution in [0.3, 0.4) is 0 Å². The van der Waals surface area contributed by atoms with Gasteiger partial charge in [0.15, 0.2) is 0 Å². The summed E-state index contributed by atoms with van der Waals surface area (Å²) < 4.78 is 0. The summed E-state index contributed by atoms with van der Waals surface area (Å²) in [7, 11) is 0. The van der Waals surface area contributed by atoms with E-state index in [0.29, 0.717) is 0 Å². The van der Waals surface area contributed by atoms with Gasteiger partial charge in [-0.1, -0.05) is 6.58 Å². The molecule has 0 aromatic heterocycles. The lowest BCUT2D eigenvalue weighted by Crippen LogP contribution is -2.08. The summed E-state index contributed by atoms with van der Waals surface area (Å²) >= 11 is 0. The van der Waals surface area contributed by atoms with E-state index in [1.807, 2.05) is 12.6 Å². The molecule has 0 amide bonds. The van der Waals surface area contributed by atoms with Crippen LogP contribution in [0.1, 0.15) is 0 Å². The highest BCUT2D eigenvalue weighted by molar-refractivity contribution is 5.60. The number of aliphatic imine (C=N–C) groups is 1. The van der Waals surface area contributed by atoms with Gasteiger partial charge in [-0.3, -0.25) is 0 Å². The lowest BCUT2D eigenvalue weighted by atomic mass is 10.4. The van der Waals surface area contributed by atoms with Crippen molar-refractivity contribution in [3.05, 3.63) is 31.0 Å². The van der Waals surface area contributed by atoms with E-state index in [1.165, 1.54) is 0 Å². The van der Waals surface area contributed by atoms with Crippen LogP contribution in [-0.2, 0) is 0 Å². The van der Waals surface area contributed by atoms with Gasteiger partial charge in [0, 0.05) is 0 Å². The van der Waals surface area contributed by atoms with Crippen molar-refractivity contribution in [3.8, 4) is 0 Å². The molecule has 1 aliphatic rings. The Morgan fingerprint density at radius 3 is 3.00 bits per heavy atom. The largest absolute Gasteiger partial charge is 0.367 e. The molecular formula is C6H7N2. The number of hydrogen-bond donors (Lipinski definition) is 1. The Hall–Kier alpha value is -1.05. The van der Waals surface area contributed by atoms with Gasteiger partial charge in [-0.2, -0.15) is 0 Å². The van der Waals surface area contributed by atoms with E-state index in [9.17, 15) is 0 Å². The van der Waals surface area contributed by atoms with Crippen LogP contribution in [0.2, 0.25) is 0 Å². The quantitative estimate of drug-likeness (QED) is 0.527. The zero-order valence-electron chi connectivity index (χ0n) is 4.46. The summed E-state index contributed by atoms with van der Waals surface area (Å²) in [6, 6.07) is 0. The van der Waals surface area contributed by atoms with Crippen molar-refractivity contribution in [3.63, 3.8) is 0 Å². The standard InChI is InChI=1S/C6H7N2/c1-2-6-3-4-7-5-8-6/h2-5H,1H2,(H,7,8). The van der Waals surface area contributed by atoms with Gasteiger partial charge < -0.3 is 5.32 Å². The Balaban J connectivity index is 2.64. The lowest BCUT2D eigenvalue weighted by Gasteiger charge is -2.00. The lowest BCUT2D eigenvalue weighted by molar-refractivity contribution is 1.14. The normalized spacial score (nSPS) is 16.8. The van der Waals surface area contributed by atoms with Gasteiger partial charge in [0.1, 0.15) is 0 Å². The average Bonchev–Trinajstić information content (AvgIpc) is 1.90. The molecule has 0 spiro atoms. The molecule has 1 radical (unpaired) electrons. The minimum Gasteiger partial charge on any atom is -0.367 e. The van der Waals surface area contributed by atoms with E-state index in [2.05, 4.69) is 16.9 Å². The Morgan fingerprint density at radius 1 is 1.75 bits per heavy atom. The zero-order valence-corrected chi connectivity index (χ0v) is 4.46. The molecule has 1 rings (SSSR count). The van der Waals surface area contributed by atoms with Gasteiger partial charge >= 0.3 is 0 Å². The van der Waals surface area contributed by atoms with Gasteiger partial charge in [-0.05, 0) is 12.2 Å². The van der Waals surface area contributed by atoms with Crippen LogP contribution in [0.25, 0.3) is 0 Å². The number of hydrogen-bond acceptors (Lipinski definition) is 2. The fraction of sp³-hybridized carbons (Fsp3) is 0. The highest BCUT2D eigenvalue weighted by Gasteiger charge is 1.88. The molecule has 0 aromatic rings. The van der Waals surface area contributed by atoms with Crippen LogP contribution >= 0.6 is 0 Å². The second kappa shape index (κ2) is 2.31. The summed E-state index contributed by atoms with van der Waals surface area (Å²) in [5.74, 6) is 0. The molecule has 0 bridgehead atoms. The van der Waals surface area contributed by atoms with E-state index in [1.54, 1.807) is 12.4 Å². The van der Waals surface area contributed by atoms with Crippen molar-refractivity contribution >= 4 is 6.34 Å². The van der Waals surface area contributed by atoms with Crippen molar-refractivity contribution < 1.29 is 0 Å². The highest BCUT2D eigenvalue weighted by atomic mass is 15.0. The molecule has 41 valence electrons. The predicted molar refractivity (Wildman–Crippen MR) is 34.2 cm³/mol. The molecule has 0 saturated heterocycles. The van der Waals surface area contributed by atoms with Crippen LogP contribution in [0.5, 0.6) is 0 Å². The van der Waals surface area contributed by atoms with E-state index < -0.39 is 0 Å². The highest BCUT2D eigenvalue weighted by Crippen LogP contribution is 1.98. The van der Waals surface area contributed by atoms with E-state index in [4.69, 9.17) is 0 Å². The number of nitrogens with zero attached hydrogens (tertiary/aromatic N) is 1. The Kier molecular flexibility index (Phi) is 1.47. The third kappa shape index (κ3) is 0.964. The summed E-state index contributed by atoms with van der Waals surface area (Å²) in [5.41, 5.74) is 0.892. The first-order chi connectivity index (χ1) is 3.93. The van der Waals surface area contributed by atoms with Crippen molar-refractivity contribution in [1.29, 1.82) is 0 Å². The maximum absolute atomic E-state index is 3.92. The molecular weight excluding hydrogens is 100 g/mol. The third-order valence-corrected chi connectivity index (χ3v) is 0.848. The summed E-state index contributed by atoms with van der Waals surface area (Å²) in [6.45, 7) is 5.36. The second-order valence-electron chi connectivity index (χ2n) is 1.39. The van der Waals surface area contributed by atoms with E-state index in [-0.39, 0.29) is 0 Å². The molecule has 1 aliphatic heterocycles. The maximum Gasteiger partial charge on any atom is 0.0891 e. The molecule has 0 saturated carbocycles. The van der Waals surface area contributed by atoms with Crippen LogP contribution in [0.15, 0.2) is 29.4 Å². The maximum atomic E-state index is 3.92. The van der Waals surface area contributed by atoms with Gasteiger partial charge in [0.2, 0.25) is 0 Å². The second-order valence-corrected chi connectivity index (χ2v) is 1.39. The average molecular weight is 107 g/mol. The van der Waals surface area contributed by atoms with Crippen molar-refractivity contribution in [2.24, 2.45) is 4.99 Å². The first kappa shape index (κ1) is 5.09. The monoisotopic (exact) mass is 107 g/mol. The first-order valence-corrected chi connectivity index (χ1v) is 2.38. The molecule has 1 N–H and O–H groups in total. The Morgan fingerprint density at radius 2 is 2.62 bits per heavy atom. The fourth-order valence-electron chi connectivity index (χ4n) is 0.452. The summed E-state index contributed by atoms with van der Waals surface area (Å²) in [5, 5.41) is 2.81. The number of rotatable bonds is 1. The van der Waals surface area contributed by atoms with Gasteiger partial charge in [-0.25, -0.2) is 4.99 Å². The Labute approximate surface area is 48.6 Å². The van der Waals surface area contributed by atoms with Crippen molar-refractivity contribution in [2.75, 3.05) is 0 Å². The Bertz CT molecular complexity index is 145. The smallest absolute Gasteiger partial charge is 0.0891 e. The van der Waals surface area contributed by atoms with E-state index >= 15 is 0 Å². The molecule has 0 aliphatic carbocycles. The molecule has 1 heterocycles. The van der Waals surface area contributed by atoms with Gasteiger partial charge in [0.25, 0.3) is 0 Å². The summed E-state index contributed by atoms with van der Waals surface area (Å²) in [6.07, 6.45) is 5.18. The first-order valence-electron chi connectivity index (χ1n) is 2.38. The minimum atomic E-state index is 0.892. The van der Waals surface area contributed by atoms with Crippen LogP contribution in [0.4, 0.5) is 0 Å². The third-order valence-electron chi connectivity index (χ3n) is 0.848. The van der Waals surface area contributed by atoms with Crippen LogP contribution in [0, 0.1) is 6.54 Å². The molecule has 0 aromatic carbocycles. The van der Waals surface area contributed by atoms with Gasteiger partial charge in [0.05, 0.1) is 18.6 Å². The molecule has 2 nitrogen and oxygen atoms in total. The minimum absolute atomic E-state index is 0.892. The topological polar surface area (TPSA) is 24.4 Å². The van der Waals surface area contributed by atoms with Gasteiger partial charge in [-0.15, -0.1) is 0 Å². The molecule has 0 unspecified atom stereocenters. The SMILES string of the molecule is C=CC1=C[CH]NC=N1. The molecule has 0 fully saturated rings. The number of allylic oxidation sites excluding steroid dienone is 1. The zero-order chi connectivity index (χ0) is 5.82. The molecule has 8 heavy (non-hydrogen) atoms. The molecule has 2 heteroatoms. The van der Waals surface area contributed by atoms with Crippen molar-refractivity contribution in [1.82, 2.24) is 5.32 Å².